The molecule has 1 aromatic carbocycles. The van der Waals surface area contributed by atoms with Gasteiger partial charge < -0.3 is 5.32 Å². The van der Waals surface area contributed by atoms with Crippen LogP contribution in [0.3, 0.4) is 0 Å². The molecule has 0 radical (unpaired) electrons. The molecule has 0 bridgehead atoms. The minimum absolute atomic E-state index is 0.436. The van der Waals surface area contributed by atoms with Crippen LogP contribution in [0.4, 0.5) is 0 Å². The van der Waals surface area contributed by atoms with Gasteiger partial charge in [-0.1, -0.05) is 30.3 Å². The summed E-state index contributed by atoms with van der Waals surface area (Å²) in [5.74, 6) is 1.10. The van der Waals surface area contributed by atoms with Gasteiger partial charge in [-0.25, -0.2) is 9.67 Å². The van der Waals surface area contributed by atoms with Gasteiger partial charge in [0.15, 0.2) is 0 Å². The minimum Gasteiger partial charge on any atom is -0.308 e. The topological polar surface area (TPSA) is 60.6 Å². The van der Waals surface area contributed by atoms with E-state index >= 15 is 0 Å². The first-order valence-corrected chi connectivity index (χ1v) is 8.87. The summed E-state index contributed by atoms with van der Waals surface area (Å²) in [5, 5.41) is 12.7. The fraction of sp³-hybridized carbons (Fsp3) is 0.421. The third-order valence-corrected chi connectivity index (χ3v) is 5.08. The van der Waals surface area contributed by atoms with Crippen LogP contribution < -0.4 is 5.32 Å². The summed E-state index contributed by atoms with van der Waals surface area (Å²) < 4.78 is 4.12. The lowest BCUT2D eigenvalue weighted by Crippen LogP contribution is -2.37. The van der Waals surface area contributed by atoms with Crippen LogP contribution in [-0.4, -0.2) is 30.6 Å². The molecular weight excluding hydrogens is 312 g/mol. The van der Waals surface area contributed by atoms with Crippen molar-refractivity contribution in [2.75, 3.05) is 0 Å². The monoisotopic (exact) mass is 336 g/mol. The molecule has 0 spiro atoms. The van der Waals surface area contributed by atoms with Crippen molar-refractivity contribution in [1.29, 1.82) is 0 Å². The van der Waals surface area contributed by atoms with E-state index in [2.05, 4.69) is 58.2 Å². The zero-order valence-corrected chi connectivity index (χ0v) is 14.8. The number of rotatable bonds is 5. The van der Waals surface area contributed by atoms with E-state index in [-0.39, 0.29) is 0 Å². The SMILES string of the molecule is Cc1nn(Cc2ccccc2)c(C)c1CN[C@@H]1CCc2ncnn2C1. The lowest BCUT2D eigenvalue weighted by atomic mass is 10.1. The van der Waals surface area contributed by atoms with E-state index in [1.165, 1.54) is 16.8 Å². The van der Waals surface area contributed by atoms with Gasteiger partial charge in [0.25, 0.3) is 0 Å². The molecule has 3 aromatic rings. The Morgan fingerprint density at radius 2 is 2.04 bits per heavy atom. The van der Waals surface area contributed by atoms with Crippen molar-refractivity contribution in [2.24, 2.45) is 0 Å². The average molecular weight is 336 g/mol. The standard InChI is InChI=1S/C19H24N6/c1-14-18(10-20-17-8-9-19-21-13-22-25(19)12-17)15(2)24(23-14)11-16-6-4-3-5-7-16/h3-7,13,17,20H,8-12H2,1-2H3/t17-/m1/s1. The normalized spacial score (nSPS) is 16.8. The van der Waals surface area contributed by atoms with E-state index in [9.17, 15) is 0 Å². The highest BCUT2D eigenvalue weighted by atomic mass is 15.3. The van der Waals surface area contributed by atoms with Crippen molar-refractivity contribution < 1.29 is 0 Å². The maximum absolute atomic E-state index is 4.75. The van der Waals surface area contributed by atoms with E-state index in [0.717, 1.165) is 44.0 Å². The zero-order valence-electron chi connectivity index (χ0n) is 14.8. The van der Waals surface area contributed by atoms with Crippen molar-refractivity contribution in [3.8, 4) is 0 Å². The molecule has 6 nitrogen and oxygen atoms in total. The number of hydrogen-bond acceptors (Lipinski definition) is 4. The molecular formula is C19H24N6. The highest BCUT2D eigenvalue weighted by Crippen LogP contribution is 2.17. The van der Waals surface area contributed by atoms with Crippen LogP contribution in [0.15, 0.2) is 36.7 Å². The van der Waals surface area contributed by atoms with Crippen molar-refractivity contribution >= 4 is 0 Å². The second-order valence-electron chi connectivity index (χ2n) is 6.77. The Morgan fingerprint density at radius 3 is 2.88 bits per heavy atom. The fourth-order valence-corrected chi connectivity index (χ4v) is 3.55. The van der Waals surface area contributed by atoms with Gasteiger partial charge in [0, 0.05) is 30.3 Å². The Bertz CT molecular complexity index is 848. The van der Waals surface area contributed by atoms with E-state index in [1.807, 2.05) is 10.7 Å². The van der Waals surface area contributed by atoms with Crippen molar-refractivity contribution in [3.05, 3.63) is 65.0 Å². The van der Waals surface area contributed by atoms with Gasteiger partial charge >= 0.3 is 0 Å². The maximum atomic E-state index is 4.75. The number of aryl methyl sites for hydroxylation is 2. The Kier molecular flexibility index (Phi) is 4.36. The number of nitrogens with zero attached hydrogens (tertiary/aromatic N) is 5. The summed E-state index contributed by atoms with van der Waals surface area (Å²) in [6.45, 7) is 6.82. The largest absolute Gasteiger partial charge is 0.308 e. The number of fused-ring (bicyclic) bond motifs is 1. The molecule has 0 saturated carbocycles. The van der Waals surface area contributed by atoms with E-state index in [4.69, 9.17) is 5.10 Å². The second-order valence-corrected chi connectivity index (χ2v) is 6.77. The van der Waals surface area contributed by atoms with Gasteiger partial charge in [0.05, 0.1) is 18.8 Å². The summed E-state index contributed by atoms with van der Waals surface area (Å²) in [4.78, 5) is 4.29. The minimum atomic E-state index is 0.436. The molecule has 1 atom stereocenters. The molecule has 0 fully saturated rings. The summed E-state index contributed by atoms with van der Waals surface area (Å²) >= 11 is 0. The van der Waals surface area contributed by atoms with Crippen LogP contribution in [0.25, 0.3) is 0 Å². The van der Waals surface area contributed by atoms with E-state index in [1.54, 1.807) is 6.33 Å². The molecule has 1 aliphatic heterocycles. The molecule has 130 valence electrons. The Morgan fingerprint density at radius 1 is 1.20 bits per heavy atom. The third kappa shape index (κ3) is 3.35. The predicted molar refractivity (Wildman–Crippen MR) is 96.2 cm³/mol. The molecule has 0 saturated heterocycles. The van der Waals surface area contributed by atoms with Gasteiger partial charge in [-0.3, -0.25) is 4.68 Å². The molecule has 3 heterocycles. The molecule has 0 amide bonds. The third-order valence-electron chi connectivity index (χ3n) is 5.08. The van der Waals surface area contributed by atoms with Crippen LogP contribution >= 0.6 is 0 Å². The van der Waals surface area contributed by atoms with Crippen LogP contribution in [0.1, 0.15) is 34.8 Å². The van der Waals surface area contributed by atoms with Gasteiger partial charge in [0.2, 0.25) is 0 Å². The number of hydrogen-bond donors (Lipinski definition) is 1. The summed E-state index contributed by atoms with van der Waals surface area (Å²) in [7, 11) is 0. The first kappa shape index (κ1) is 16.0. The maximum Gasteiger partial charge on any atom is 0.138 e. The Labute approximate surface area is 147 Å². The summed E-state index contributed by atoms with van der Waals surface area (Å²) in [6.07, 6.45) is 3.75. The zero-order chi connectivity index (χ0) is 17.2. The quantitative estimate of drug-likeness (QED) is 0.776. The highest BCUT2D eigenvalue weighted by molar-refractivity contribution is 5.26. The van der Waals surface area contributed by atoms with Gasteiger partial charge in [0.1, 0.15) is 12.2 Å². The number of nitrogens with one attached hydrogen (secondary N) is 1. The van der Waals surface area contributed by atoms with Crippen LogP contribution in [0.2, 0.25) is 0 Å². The lowest BCUT2D eigenvalue weighted by molar-refractivity contribution is 0.357. The highest BCUT2D eigenvalue weighted by Gasteiger charge is 2.20. The van der Waals surface area contributed by atoms with Crippen LogP contribution in [0, 0.1) is 13.8 Å². The number of aromatic nitrogens is 5. The molecule has 4 rings (SSSR count). The van der Waals surface area contributed by atoms with Gasteiger partial charge in [-0.05, 0) is 25.8 Å². The smallest absolute Gasteiger partial charge is 0.138 e. The van der Waals surface area contributed by atoms with Crippen molar-refractivity contribution in [1.82, 2.24) is 29.9 Å². The molecule has 6 heteroatoms. The molecule has 1 aliphatic rings. The molecule has 2 aromatic heterocycles. The van der Waals surface area contributed by atoms with Crippen LogP contribution in [0.5, 0.6) is 0 Å². The summed E-state index contributed by atoms with van der Waals surface area (Å²) in [5.41, 5.74) is 4.93. The lowest BCUT2D eigenvalue weighted by Gasteiger charge is -2.23. The first-order valence-electron chi connectivity index (χ1n) is 8.87. The fourth-order valence-electron chi connectivity index (χ4n) is 3.55. The van der Waals surface area contributed by atoms with Crippen molar-refractivity contribution in [3.63, 3.8) is 0 Å². The van der Waals surface area contributed by atoms with Crippen LogP contribution in [-0.2, 0) is 26.1 Å². The Hall–Kier alpha value is -2.47. The van der Waals surface area contributed by atoms with Gasteiger partial charge in [-0.15, -0.1) is 0 Å². The molecule has 25 heavy (non-hydrogen) atoms. The van der Waals surface area contributed by atoms with E-state index in [0.29, 0.717) is 6.04 Å². The van der Waals surface area contributed by atoms with Gasteiger partial charge in [-0.2, -0.15) is 10.2 Å². The predicted octanol–water partition coefficient (Wildman–Crippen LogP) is 2.24. The average Bonchev–Trinajstić information content (AvgIpc) is 3.19. The first-order chi connectivity index (χ1) is 12.2. The van der Waals surface area contributed by atoms with Crippen molar-refractivity contribution in [2.45, 2.75) is 52.4 Å². The number of benzene rings is 1. The second kappa shape index (κ2) is 6.80. The molecule has 1 N–H and O–H groups in total. The Balaban J connectivity index is 1.43. The van der Waals surface area contributed by atoms with E-state index < -0.39 is 0 Å². The molecule has 0 unspecified atom stereocenters. The molecule has 0 aliphatic carbocycles. The summed E-state index contributed by atoms with van der Waals surface area (Å²) in [6, 6.07) is 10.9.